The van der Waals surface area contributed by atoms with Crippen LogP contribution in [0.5, 0.6) is 0 Å². The first-order chi connectivity index (χ1) is 35.5. The van der Waals surface area contributed by atoms with Gasteiger partial charge in [-0.1, -0.05) is 53.2 Å². The zero-order valence-electron chi connectivity index (χ0n) is 44.4. The molecule has 0 radical (unpaired) electrons. The minimum absolute atomic E-state index is 0.0745. The van der Waals surface area contributed by atoms with Gasteiger partial charge in [0.2, 0.25) is 0 Å². The third-order valence-electron chi connectivity index (χ3n) is 20.4. The number of carbonyl (C=O) groups excluding carboxylic acids is 2. The Morgan fingerprint density at radius 3 is 1.68 bits per heavy atom. The minimum atomic E-state index is -2.17. The molecule has 0 amide bonds. The molecule has 76 heavy (non-hydrogen) atoms. The number of aliphatic carboxylic acids is 1. The fourth-order valence-corrected chi connectivity index (χ4v) is 16.1. The van der Waals surface area contributed by atoms with Gasteiger partial charge in [0, 0.05) is 24.7 Å². The first-order valence-corrected chi connectivity index (χ1v) is 26.6. The Kier molecular flexibility index (Phi) is 16.8. The summed E-state index contributed by atoms with van der Waals surface area (Å²) in [5.41, 5.74) is -4.00. The molecule has 3 unspecified atom stereocenters. The van der Waals surface area contributed by atoms with Crippen LogP contribution in [-0.4, -0.2) is 227 Å². The molecule has 27 atom stereocenters. The molecule has 24 heteroatoms. The molecule has 0 spiro atoms. The van der Waals surface area contributed by atoms with Gasteiger partial charge in [-0.05, 0) is 78.9 Å². The highest BCUT2D eigenvalue weighted by Gasteiger charge is 2.74. The van der Waals surface area contributed by atoms with E-state index in [1.165, 1.54) is 13.8 Å². The number of allylic oxidation sites excluding steroid dienone is 2. The largest absolute Gasteiger partial charge is 0.479 e. The predicted molar refractivity (Wildman–Crippen MR) is 255 cm³/mol. The van der Waals surface area contributed by atoms with Crippen molar-refractivity contribution in [2.75, 3.05) is 26.4 Å². The average Bonchev–Trinajstić information content (AvgIpc) is 3.38. The summed E-state index contributed by atoms with van der Waals surface area (Å²) in [4.78, 5) is 38.4. The third-order valence-corrected chi connectivity index (χ3v) is 20.4. The van der Waals surface area contributed by atoms with E-state index in [0.29, 0.717) is 32.1 Å². The van der Waals surface area contributed by atoms with Crippen molar-refractivity contribution in [3.05, 3.63) is 11.6 Å². The highest BCUT2D eigenvalue weighted by Crippen LogP contribution is 2.76. The van der Waals surface area contributed by atoms with Crippen molar-refractivity contribution in [1.82, 2.24) is 0 Å². The first kappa shape index (κ1) is 59.5. The van der Waals surface area contributed by atoms with Crippen molar-refractivity contribution in [1.29, 1.82) is 0 Å². The quantitative estimate of drug-likeness (QED) is 0.0525. The zero-order valence-corrected chi connectivity index (χ0v) is 44.4. The highest BCUT2D eigenvalue weighted by molar-refractivity contribution is 5.73. The summed E-state index contributed by atoms with van der Waals surface area (Å²) in [5.74, 6) is -3.82. The molecule has 3 aliphatic heterocycles. The van der Waals surface area contributed by atoms with Crippen LogP contribution in [0.3, 0.4) is 0 Å². The number of fused-ring (bicyclic) bond motifs is 7. The standard InChI is InChI=1S/C52H82O24/c1-21(57)69-41-42(70-22(2)58)52(20-56)24(15-47(41,3)4)23-9-10-28-48(5)13-12-30(49(6,19-55)27(48)11-14-50(28,7)51(23,8)16-29(52)59)73-46-39(75-45-36(65)34(63)32(61)26(18-54)72-45)37(66)38(40(76-46)43(67)68)74-44-35(64)33(62)31(60)25(17-53)71-44/h9,24-42,44-46,53-56,59-66H,10-20H2,1-8H3,(H,67,68)/t24-,25+,26+,27?,28?,29+,30-,31+,32+,33-,34-,35+,36+,37-,38-,39+,40-,41-,42-,44-,45-,46+,48-,49?,50+,51+,52-/m0/s1. The number of carboxylic acid groups (broad SMARTS) is 1. The lowest BCUT2D eigenvalue weighted by Gasteiger charge is -2.72. The molecular formula is C52H82O24. The number of ether oxygens (including phenoxy) is 8. The van der Waals surface area contributed by atoms with E-state index in [-0.39, 0.29) is 24.7 Å². The van der Waals surface area contributed by atoms with Gasteiger partial charge in [0.15, 0.2) is 25.0 Å². The summed E-state index contributed by atoms with van der Waals surface area (Å²) < 4.78 is 47.7. The summed E-state index contributed by atoms with van der Waals surface area (Å²) >= 11 is 0. The number of aliphatic hydroxyl groups is 12. The second-order valence-electron chi connectivity index (χ2n) is 24.8. The summed E-state index contributed by atoms with van der Waals surface area (Å²) in [5, 5.41) is 143. The van der Waals surface area contributed by atoms with E-state index in [1.54, 1.807) is 0 Å². The highest BCUT2D eigenvalue weighted by atomic mass is 16.8. The Balaban J connectivity index is 1.12. The maximum atomic E-state index is 13.1. The molecule has 434 valence electrons. The van der Waals surface area contributed by atoms with E-state index in [0.717, 1.165) is 5.57 Å². The van der Waals surface area contributed by atoms with Crippen molar-refractivity contribution in [3.8, 4) is 0 Å². The molecule has 13 N–H and O–H groups in total. The van der Waals surface area contributed by atoms with E-state index >= 15 is 0 Å². The van der Waals surface area contributed by atoms with Crippen molar-refractivity contribution < 1.29 is 119 Å². The summed E-state index contributed by atoms with van der Waals surface area (Å²) in [6.45, 7) is 12.0. The van der Waals surface area contributed by atoms with Gasteiger partial charge >= 0.3 is 17.9 Å². The van der Waals surface area contributed by atoms with Gasteiger partial charge in [0.1, 0.15) is 79.4 Å². The number of rotatable bonds is 13. The van der Waals surface area contributed by atoms with E-state index < -0.39 is 199 Å². The monoisotopic (exact) mass is 1090 g/mol. The molecular weight excluding hydrogens is 1010 g/mol. The molecule has 24 nitrogen and oxygen atoms in total. The molecule has 0 aromatic rings. The van der Waals surface area contributed by atoms with Crippen LogP contribution in [-0.2, 0) is 52.3 Å². The average molecular weight is 1090 g/mol. The van der Waals surface area contributed by atoms with E-state index in [1.807, 2.05) is 20.8 Å². The summed E-state index contributed by atoms with van der Waals surface area (Å²) in [6.07, 6.45) is -27.9. The number of carbonyl (C=O) groups is 3. The summed E-state index contributed by atoms with van der Waals surface area (Å²) in [7, 11) is 0. The molecule has 8 rings (SSSR count). The predicted octanol–water partition coefficient (Wildman–Crippen LogP) is -2.27. The number of hydrogen-bond donors (Lipinski definition) is 13. The van der Waals surface area contributed by atoms with Gasteiger partial charge in [-0.25, -0.2) is 4.79 Å². The molecule has 7 fully saturated rings. The van der Waals surface area contributed by atoms with Crippen LogP contribution < -0.4 is 0 Å². The lowest BCUT2D eigenvalue weighted by atomic mass is 9.33. The van der Waals surface area contributed by atoms with Crippen molar-refractivity contribution in [3.63, 3.8) is 0 Å². The second kappa shape index (κ2) is 21.4. The number of carboxylic acids is 1. The van der Waals surface area contributed by atoms with Crippen LogP contribution in [0.4, 0.5) is 0 Å². The Labute approximate surface area is 440 Å². The summed E-state index contributed by atoms with van der Waals surface area (Å²) in [6, 6.07) is 0. The molecule has 0 aromatic carbocycles. The zero-order chi connectivity index (χ0) is 56.2. The maximum Gasteiger partial charge on any atom is 0.335 e. The topological polar surface area (TPSA) is 388 Å². The Bertz CT molecular complexity index is 2160. The van der Waals surface area contributed by atoms with Crippen LogP contribution in [0, 0.1) is 50.2 Å². The third kappa shape index (κ3) is 9.28. The van der Waals surface area contributed by atoms with Crippen LogP contribution >= 0.6 is 0 Å². The van der Waals surface area contributed by atoms with Crippen molar-refractivity contribution in [2.24, 2.45) is 50.2 Å². The fraction of sp³-hybridized carbons (Fsp3) is 0.904. The molecule has 3 heterocycles. The normalized spacial score (nSPS) is 51.9. The van der Waals surface area contributed by atoms with Gasteiger partial charge in [-0.3, -0.25) is 9.59 Å². The van der Waals surface area contributed by atoms with Crippen molar-refractivity contribution >= 4 is 17.9 Å². The van der Waals surface area contributed by atoms with Gasteiger partial charge in [-0.2, -0.15) is 0 Å². The Hall–Kier alpha value is -2.57. The van der Waals surface area contributed by atoms with Crippen LogP contribution in [0.15, 0.2) is 11.6 Å². The fourth-order valence-electron chi connectivity index (χ4n) is 16.1. The number of esters is 2. The molecule has 4 saturated carbocycles. The van der Waals surface area contributed by atoms with Crippen LogP contribution in [0.2, 0.25) is 0 Å². The minimum Gasteiger partial charge on any atom is -0.479 e. The van der Waals surface area contributed by atoms with Gasteiger partial charge in [0.05, 0.1) is 44.1 Å². The Morgan fingerprint density at radius 2 is 1.17 bits per heavy atom. The smallest absolute Gasteiger partial charge is 0.335 e. The lowest BCUT2D eigenvalue weighted by Crippen LogP contribution is -2.72. The van der Waals surface area contributed by atoms with E-state index in [2.05, 4.69) is 26.8 Å². The Morgan fingerprint density at radius 1 is 0.618 bits per heavy atom. The molecule has 8 aliphatic rings. The second-order valence-corrected chi connectivity index (χ2v) is 24.8. The van der Waals surface area contributed by atoms with Gasteiger partial charge < -0.3 is 104 Å². The van der Waals surface area contributed by atoms with E-state index in [4.69, 9.17) is 37.9 Å². The number of aliphatic hydroxyl groups excluding tert-OH is 12. The van der Waals surface area contributed by atoms with Gasteiger partial charge in [0.25, 0.3) is 0 Å². The lowest BCUT2D eigenvalue weighted by molar-refractivity contribution is -0.392. The van der Waals surface area contributed by atoms with Gasteiger partial charge in [-0.15, -0.1) is 0 Å². The van der Waals surface area contributed by atoms with Crippen LogP contribution in [0.1, 0.15) is 100 Å². The SMILES string of the molecule is CC(=O)O[C@H]1[C@H](OC(C)=O)[C@]2(CO)[C@H](O)C[C@]3(C)C(=CCC4[C@@]5(C)CC[C@H](O[C@@H]6O[C@H](C(=O)O)[C@@H](O[C@@H]7O[C@H](CO)[C@@H](O)[C@H](O)[C@H]7O)[C@H](O)[C@H]6O[C@@H]6O[C@H](CO)[C@@H](O)[C@H](O)[C@H]6O)C(C)(CO)C5CC[C@]43C)[C@@H]2CC1(C)C. The molecule has 0 bridgehead atoms. The molecule has 0 aromatic heterocycles. The number of hydrogen-bond acceptors (Lipinski definition) is 23. The van der Waals surface area contributed by atoms with E-state index in [9.17, 15) is 80.8 Å². The first-order valence-electron chi connectivity index (χ1n) is 26.6. The van der Waals surface area contributed by atoms with Crippen molar-refractivity contribution in [2.45, 2.75) is 217 Å². The van der Waals surface area contributed by atoms with Crippen LogP contribution in [0.25, 0.3) is 0 Å². The molecule has 5 aliphatic carbocycles. The maximum absolute atomic E-state index is 13.1. The molecule has 3 saturated heterocycles.